The molecule has 16 heavy (non-hydrogen) atoms. The summed E-state index contributed by atoms with van der Waals surface area (Å²) >= 11 is 0. The number of methoxy groups -OCH3 is 1. The van der Waals surface area contributed by atoms with Gasteiger partial charge in [0.2, 0.25) is 0 Å². The van der Waals surface area contributed by atoms with Crippen molar-refractivity contribution in [2.75, 3.05) is 18.6 Å². The van der Waals surface area contributed by atoms with Crippen molar-refractivity contribution in [3.63, 3.8) is 0 Å². The van der Waals surface area contributed by atoms with Gasteiger partial charge >= 0.3 is 5.97 Å². The molecular weight excluding hydrogens is 202 g/mol. The molecule has 0 bridgehead atoms. The average molecular weight is 215 g/mol. The number of hydrogen-bond acceptors (Lipinski definition) is 3. The third-order valence-corrected chi connectivity index (χ3v) is 3.44. The van der Waals surface area contributed by atoms with E-state index in [0.717, 1.165) is 12.2 Å². The summed E-state index contributed by atoms with van der Waals surface area (Å²) in [6.45, 7) is 0.784. The van der Waals surface area contributed by atoms with Gasteiger partial charge < -0.3 is 9.64 Å². The first kappa shape index (κ1) is 9.46. The van der Waals surface area contributed by atoms with E-state index in [-0.39, 0.29) is 5.97 Å². The van der Waals surface area contributed by atoms with Gasteiger partial charge in [0.1, 0.15) is 0 Å². The summed E-state index contributed by atoms with van der Waals surface area (Å²) in [5, 5.41) is 0. The van der Waals surface area contributed by atoms with Gasteiger partial charge in [-0.15, -0.1) is 0 Å². The largest absolute Gasteiger partial charge is 0.467 e. The second-order valence-corrected chi connectivity index (χ2v) is 4.23. The van der Waals surface area contributed by atoms with E-state index >= 15 is 0 Å². The van der Waals surface area contributed by atoms with Crippen LogP contribution < -0.4 is 4.90 Å². The number of carbonyl (C=O) groups is 1. The molecule has 3 nitrogen and oxygen atoms in total. The minimum Gasteiger partial charge on any atom is -0.467 e. The van der Waals surface area contributed by atoms with Gasteiger partial charge in [0.05, 0.1) is 7.11 Å². The molecule has 2 heterocycles. The summed E-state index contributed by atoms with van der Waals surface area (Å²) in [7, 11) is 1.45. The molecule has 2 aliphatic heterocycles. The Labute approximate surface area is 94.3 Å². The topological polar surface area (TPSA) is 29.5 Å². The fraction of sp³-hybridized carbons (Fsp3) is 0.308. The Morgan fingerprint density at radius 1 is 1.44 bits per heavy atom. The Morgan fingerprint density at radius 2 is 2.25 bits per heavy atom. The van der Waals surface area contributed by atoms with Crippen LogP contribution in [-0.2, 0) is 16.0 Å². The number of hydrogen-bond donors (Lipinski definition) is 0. The number of carbonyl (C=O) groups excluding carboxylic acids is 1. The first-order valence-corrected chi connectivity index (χ1v) is 5.39. The SMILES string of the molecule is COC(=O)C12C=CCN1c1ccccc1C2. The first-order chi connectivity index (χ1) is 7.78. The standard InChI is InChI=1S/C13H13NO2/c1-16-12(15)13-7-4-8-14(13)11-6-3-2-5-10(11)9-13/h2-7H,8-9H2,1H3. The number of rotatable bonds is 1. The van der Waals surface area contributed by atoms with Crippen molar-refractivity contribution in [3.05, 3.63) is 42.0 Å². The number of para-hydroxylation sites is 1. The lowest BCUT2D eigenvalue weighted by molar-refractivity contribution is -0.144. The second kappa shape index (κ2) is 3.11. The zero-order valence-electron chi connectivity index (χ0n) is 9.14. The van der Waals surface area contributed by atoms with E-state index in [4.69, 9.17) is 4.74 Å². The van der Waals surface area contributed by atoms with Crippen LogP contribution in [0.25, 0.3) is 0 Å². The maximum atomic E-state index is 12.0. The molecule has 1 aromatic carbocycles. The molecule has 0 spiro atoms. The van der Waals surface area contributed by atoms with Crippen LogP contribution in [-0.4, -0.2) is 25.2 Å². The van der Waals surface area contributed by atoms with Crippen molar-refractivity contribution < 1.29 is 9.53 Å². The number of fused-ring (bicyclic) bond motifs is 3. The summed E-state index contributed by atoms with van der Waals surface area (Å²) in [5.41, 5.74) is 1.79. The highest BCUT2D eigenvalue weighted by atomic mass is 16.5. The number of esters is 1. The lowest BCUT2D eigenvalue weighted by Crippen LogP contribution is -2.49. The molecule has 82 valence electrons. The molecule has 3 rings (SSSR count). The minimum absolute atomic E-state index is 0.169. The average Bonchev–Trinajstić information content (AvgIpc) is 2.84. The molecule has 3 heteroatoms. The number of anilines is 1. The molecule has 0 aliphatic carbocycles. The van der Waals surface area contributed by atoms with Crippen LogP contribution in [0.1, 0.15) is 5.56 Å². The summed E-state index contributed by atoms with van der Waals surface area (Å²) < 4.78 is 4.94. The van der Waals surface area contributed by atoms with Crippen LogP contribution in [0.2, 0.25) is 0 Å². The molecule has 1 aromatic rings. The summed E-state index contributed by atoms with van der Waals surface area (Å²) in [4.78, 5) is 14.1. The maximum Gasteiger partial charge on any atom is 0.336 e. The van der Waals surface area contributed by atoms with Crippen molar-refractivity contribution in [3.8, 4) is 0 Å². The number of ether oxygens (including phenoxy) is 1. The molecule has 1 unspecified atom stereocenters. The Bertz CT molecular complexity index is 481. The van der Waals surface area contributed by atoms with E-state index in [9.17, 15) is 4.79 Å². The third-order valence-electron chi connectivity index (χ3n) is 3.44. The molecule has 0 fully saturated rings. The molecule has 2 aliphatic rings. The van der Waals surface area contributed by atoms with Crippen LogP contribution in [0.15, 0.2) is 36.4 Å². The summed E-state index contributed by atoms with van der Waals surface area (Å²) in [6.07, 6.45) is 4.72. The zero-order chi connectivity index (χ0) is 11.2. The van der Waals surface area contributed by atoms with Crippen LogP contribution in [0.4, 0.5) is 5.69 Å². The monoisotopic (exact) mass is 215 g/mol. The first-order valence-electron chi connectivity index (χ1n) is 5.39. The summed E-state index contributed by atoms with van der Waals surface area (Å²) in [6, 6.07) is 8.15. The van der Waals surface area contributed by atoms with E-state index in [1.165, 1.54) is 12.7 Å². The lowest BCUT2D eigenvalue weighted by atomic mass is 9.95. The molecule has 0 N–H and O–H groups in total. The molecule has 0 saturated carbocycles. The van der Waals surface area contributed by atoms with Gasteiger partial charge in [-0.3, -0.25) is 0 Å². The number of benzene rings is 1. The van der Waals surface area contributed by atoms with Gasteiger partial charge in [0.25, 0.3) is 0 Å². The second-order valence-electron chi connectivity index (χ2n) is 4.23. The van der Waals surface area contributed by atoms with E-state index in [2.05, 4.69) is 17.0 Å². The highest BCUT2D eigenvalue weighted by Gasteiger charge is 2.50. The maximum absolute atomic E-state index is 12.0. The quantitative estimate of drug-likeness (QED) is 0.525. The molecular formula is C13H13NO2. The number of nitrogens with zero attached hydrogens (tertiary/aromatic N) is 1. The normalized spacial score (nSPS) is 25.4. The van der Waals surface area contributed by atoms with Crippen molar-refractivity contribution in [1.29, 1.82) is 0 Å². The molecule has 0 saturated heterocycles. The van der Waals surface area contributed by atoms with Gasteiger partial charge in [-0.2, -0.15) is 0 Å². The van der Waals surface area contributed by atoms with Gasteiger partial charge in [-0.05, 0) is 17.7 Å². The van der Waals surface area contributed by atoms with Gasteiger partial charge in [-0.25, -0.2) is 4.79 Å². The fourth-order valence-corrected chi connectivity index (χ4v) is 2.71. The lowest BCUT2D eigenvalue weighted by Gasteiger charge is -2.30. The minimum atomic E-state index is -0.585. The molecule has 1 atom stereocenters. The Balaban J connectivity index is 2.10. The molecule has 0 radical (unpaired) electrons. The van der Waals surface area contributed by atoms with Crippen LogP contribution in [0, 0.1) is 0 Å². The van der Waals surface area contributed by atoms with E-state index in [1.54, 1.807) is 0 Å². The Morgan fingerprint density at radius 3 is 3.06 bits per heavy atom. The van der Waals surface area contributed by atoms with Gasteiger partial charge in [0, 0.05) is 18.7 Å². The van der Waals surface area contributed by atoms with Crippen molar-refractivity contribution in [1.82, 2.24) is 0 Å². The van der Waals surface area contributed by atoms with Gasteiger partial charge in [-0.1, -0.05) is 24.3 Å². The Hall–Kier alpha value is -1.77. The predicted octanol–water partition coefficient (Wildman–Crippen LogP) is 1.53. The predicted molar refractivity (Wildman–Crippen MR) is 61.4 cm³/mol. The van der Waals surface area contributed by atoms with Crippen LogP contribution >= 0.6 is 0 Å². The smallest absolute Gasteiger partial charge is 0.336 e. The van der Waals surface area contributed by atoms with E-state index in [1.807, 2.05) is 24.3 Å². The van der Waals surface area contributed by atoms with Gasteiger partial charge in [0.15, 0.2) is 5.54 Å². The third kappa shape index (κ3) is 1.00. The van der Waals surface area contributed by atoms with E-state index < -0.39 is 5.54 Å². The molecule has 0 aromatic heterocycles. The van der Waals surface area contributed by atoms with Crippen LogP contribution in [0.3, 0.4) is 0 Å². The van der Waals surface area contributed by atoms with Crippen LogP contribution in [0.5, 0.6) is 0 Å². The molecule has 0 amide bonds. The van der Waals surface area contributed by atoms with Crippen molar-refractivity contribution in [2.45, 2.75) is 12.0 Å². The summed E-state index contributed by atoms with van der Waals surface area (Å²) in [5.74, 6) is -0.169. The van der Waals surface area contributed by atoms with Crippen molar-refractivity contribution >= 4 is 11.7 Å². The fourth-order valence-electron chi connectivity index (χ4n) is 2.71. The highest BCUT2D eigenvalue weighted by molar-refractivity contribution is 5.92. The highest BCUT2D eigenvalue weighted by Crippen LogP contribution is 2.42. The zero-order valence-corrected chi connectivity index (χ0v) is 9.14. The van der Waals surface area contributed by atoms with Crippen molar-refractivity contribution in [2.24, 2.45) is 0 Å². The Kier molecular flexibility index (Phi) is 1.84. The van der Waals surface area contributed by atoms with E-state index in [0.29, 0.717) is 6.42 Å².